The van der Waals surface area contributed by atoms with E-state index >= 15 is 0 Å². The third-order valence-corrected chi connectivity index (χ3v) is 5.14. The molecule has 17 heavy (non-hydrogen) atoms. The summed E-state index contributed by atoms with van der Waals surface area (Å²) in [4.78, 5) is 1.78. The van der Waals surface area contributed by atoms with Crippen molar-refractivity contribution in [3.05, 3.63) is 21.9 Å². The largest absolute Gasteiger partial charge is 0.598 e. The first kappa shape index (κ1) is 14.5. The average molecular weight is 273 g/mol. The highest BCUT2D eigenvalue weighted by atomic mass is 32.2. The summed E-state index contributed by atoms with van der Waals surface area (Å²) in [5, 5.41) is 7.34. The van der Waals surface area contributed by atoms with Gasteiger partial charge in [-0.25, -0.2) is 0 Å². The number of hydrogen-bond donors (Lipinski definition) is 3. The lowest BCUT2D eigenvalue weighted by Gasteiger charge is -2.26. The highest BCUT2D eigenvalue weighted by molar-refractivity contribution is 7.90. The number of amidine groups is 1. The molecule has 0 aliphatic heterocycles. The number of rotatable bonds is 4. The molecule has 0 radical (unpaired) electrons. The molecule has 96 valence electrons. The molecule has 1 unspecified atom stereocenters. The predicted octanol–water partition coefficient (Wildman–Crippen LogP) is 2.14. The maximum atomic E-state index is 11.9. The first-order valence-electron chi connectivity index (χ1n) is 5.34. The Labute approximate surface area is 109 Å². The normalized spacial score (nSPS) is 15.6. The summed E-state index contributed by atoms with van der Waals surface area (Å²) in [6.45, 7) is 7.74. The summed E-state index contributed by atoms with van der Waals surface area (Å²) in [5.74, 6) is 0.0744. The third-order valence-electron chi connectivity index (χ3n) is 2.16. The molecule has 0 saturated heterocycles. The number of thiophene rings is 1. The predicted molar refractivity (Wildman–Crippen MR) is 74.8 cm³/mol. The van der Waals surface area contributed by atoms with E-state index in [0.29, 0.717) is 0 Å². The Bertz CT molecular complexity index is 398. The van der Waals surface area contributed by atoms with E-state index in [-0.39, 0.29) is 16.6 Å². The van der Waals surface area contributed by atoms with Gasteiger partial charge in [0.1, 0.15) is 10.6 Å². The molecule has 0 bridgehead atoms. The van der Waals surface area contributed by atoms with E-state index in [0.717, 1.165) is 9.75 Å². The quantitative estimate of drug-likeness (QED) is 0.446. The molecular weight excluding hydrogens is 254 g/mol. The van der Waals surface area contributed by atoms with Crippen molar-refractivity contribution in [2.24, 2.45) is 5.73 Å². The zero-order valence-electron chi connectivity index (χ0n) is 10.5. The summed E-state index contributed by atoms with van der Waals surface area (Å²) < 4.78 is 14.7. The van der Waals surface area contributed by atoms with Gasteiger partial charge in [0.15, 0.2) is 0 Å². The van der Waals surface area contributed by atoms with Gasteiger partial charge in [0.05, 0.1) is 10.9 Å². The number of nitrogens with two attached hydrogens (primary N) is 1. The van der Waals surface area contributed by atoms with Gasteiger partial charge < -0.3 is 10.3 Å². The minimum atomic E-state index is -1.10. The van der Waals surface area contributed by atoms with Crippen LogP contribution in [0.5, 0.6) is 0 Å². The molecule has 1 heterocycles. The van der Waals surface area contributed by atoms with Gasteiger partial charge in [0, 0.05) is 16.2 Å². The van der Waals surface area contributed by atoms with Crippen molar-refractivity contribution in [3.8, 4) is 0 Å². The van der Waals surface area contributed by atoms with E-state index in [4.69, 9.17) is 11.1 Å². The first-order chi connectivity index (χ1) is 7.71. The minimum Gasteiger partial charge on any atom is -0.598 e. The Kier molecular flexibility index (Phi) is 4.60. The zero-order valence-corrected chi connectivity index (χ0v) is 12.2. The van der Waals surface area contributed by atoms with E-state index in [1.54, 1.807) is 0 Å². The Hall–Kier alpha value is -0.560. The van der Waals surface area contributed by atoms with Gasteiger partial charge in [0.25, 0.3) is 0 Å². The van der Waals surface area contributed by atoms with Gasteiger partial charge in [-0.15, -0.1) is 16.1 Å². The lowest BCUT2D eigenvalue weighted by molar-refractivity contribution is 0.532. The van der Waals surface area contributed by atoms with Crippen LogP contribution in [0.4, 0.5) is 0 Å². The maximum Gasteiger partial charge on any atom is 0.136 e. The lowest BCUT2D eigenvalue weighted by atomic mass is 10.3. The van der Waals surface area contributed by atoms with E-state index in [1.807, 2.05) is 39.8 Å². The fourth-order valence-electron chi connectivity index (χ4n) is 1.13. The summed E-state index contributed by atoms with van der Waals surface area (Å²) in [7, 11) is 0. The maximum absolute atomic E-state index is 11.9. The second-order valence-corrected chi connectivity index (χ2v) is 7.95. The van der Waals surface area contributed by atoms with Crippen molar-refractivity contribution in [2.75, 3.05) is 0 Å². The molecule has 0 amide bonds. The smallest absolute Gasteiger partial charge is 0.136 e. The van der Waals surface area contributed by atoms with Gasteiger partial charge in [-0.05, 0) is 39.8 Å². The van der Waals surface area contributed by atoms with Crippen LogP contribution in [0, 0.1) is 5.41 Å². The molecule has 1 rings (SSSR count). The molecule has 2 atom stereocenters. The second-order valence-electron chi connectivity index (χ2n) is 4.84. The molecular formula is C11H19N3OS2. The summed E-state index contributed by atoms with van der Waals surface area (Å²) in [6.07, 6.45) is 0. The molecule has 0 spiro atoms. The number of hydrogen-bond acceptors (Lipinski definition) is 4. The standard InChI is InChI=1S/C11H19N3OS2/c1-7(14-17(15)11(2,3)4)8-5-6-9(16-8)10(12)13/h5-7,14H,1-4H3,(H3,12,13)/t7-,17?/m1/s1. The van der Waals surface area contributed by atoms with Gasteiger partial charge >= 0.3 is 0 Å². The molecule has 0 aliphatic carbocycles. The van der Waals surface area contributed by atoms with Crippen molar-refractivity contribution in [1.82, 2.24) is 4.72 Å². The molecule has 4 nitrogen and oxygen atoms in total. The summed E-state index contributed by atoms with van der Waals surface area (Å²) in [5.41, 5.74) is 5.41. The van der Waals surface area contributed by atoms with Gasteiger partial charge in [-0.1, -0.05) is 0 Å². The van der Waals surface area contributed by atoms with Crippen molar-refractivity contribution in [2.45, 2.75) is 38.5 Å². The van der Waals surface area contributed by atoms with Crippen LogP contribution in [-0.4, -0.2) is 15.1 Å². The first-order valence-corrected chi connectivity index (χ1v) is 7.30. The fourth-order valence-corrected chi connectivity index (χ4v) is 2.87. The van der Waals surface area contributed by atoms with E-state index in [9.17, 15) is 4.55 Å². The average Bonchev–Trinajstić information content (AvgIpc) is 2.64. The van der Waals surface area contributed by atoms with Gasteiger partial charge in [-0.3, -0.25) is 5.41 Å². The third kappa shape index (κ3) is 3.99. The van der Waals surface area contributed by atoms with Crippen LogP contribution in [0.3, 0.4) is 0 Å². The van der Waals surface area contributed by atoms with Crippen LogP contribution >= 0.6 is 11.3 Å². The number of nitrogen functional groups attached to an aromatic ring is 1. The minimum absolute atomic E-state index is 0.00633. The van der Waals surface area contributed by atoms with Gasteiger partial charge in [-0.2, -0.15) is 0 Å². The monoisotopic (exact) mass is 273 g/mol. The zero-order chi connectivity index (χ0) is 13.2. The molecule has 6 heteroatoms. The van der Waals surface area contributed by atoms with Crippen LogP contribution in [0.2, 0.25) is 0 Å². The van der Waals surface area contributed by atoms with E-state index in [2.05, 4.69) is 4.72 Å². The highest BCUT2D eigenvalue weighted by Crippen LogP contribution is 2.25. The molecule has 0 aliphatic rings. The Morgan fingerprint density at radius 1 is 1.53 bits per heavy atom. The topological polar surface area (TPSA) is 85.0 Å². The van der Waals surface area contributed by atoms with Crippen LogP contribution in [0.25, 0.3) is 0 Å². The Morgan fingerprint density at radius 3 is 2.53 bits per heavy atom. The molecule has 0 fully saturated rings. The lowest BCUT2D eigenvalue weighted by Crippen LogP contribution is -2.40. The van der Waals surface area contributed by atoms with Crippen molar-refractivity contribution in [3.63, 3.8) is 0 Å². The highest BCUT2D eigenvalue weighted by Gasteiger charge is 2.28. The molecule has 0 aromatic carbocycles. The van der Waals surface area contributed by atoms with Crippen molar-refractivity contribution < 1.29 is 4.55 Å². The van der Waals surface area contributed by atoms with Crippen molar-refractivity contribution >= 4 is 28.5 Å². The summed E-state index contributed by atoms with van der Waals surface area (Å²) in [6, 6.07) is 3.73. The van der Waals surface area contributed by atoms with Gasteiger partial charge in [0.2, 0.25) is 0 Å². The molecule has 4 N–H and O–H groups in total. The SMILES string of the molecule is C[C@@H](N[S+]([O-])C(C)(C)C)c1ccc(C(=N)N)s1. The molecule has 1 aromatic heterocycles. The Morgan fingerprint density at radius 2 is 2.12 bits per heavy atom. The Balaban J connectivity index is 2.70. The van der Waals surface area contributed by atoms with E-state index < -0.39 is 11.4 Å². The van der Waals surface area contributed by atoms with Crippen LogP contribution in [-0.2, 0) is 11.4 Å². The molecule has 1 aromatic rings. The van der Waals surface area contributed by atoms with Crippen molar-refractivity contribution in [1.29, 1.82) is 5.41 Å². The number of nitrogens with one attached hydrogen (secondary N) is 2. The second kappa shape index (κ2) is 5.39. The fraction of sp³-hybridized carbons (Fsp3) is 0.545. The molecule has 0 saturated carbocycles. The van der Waals surface area contributed by atoms with Crippen LogP contribution in [0.15, 0.2) is 12.1 Å². The van der Waals surface area contributed by atoms with Crippen LogP contribution < -0.4 is 10.5 Å². The van der Waals surface area contributed by atoms with E-state index in [1.165, 1.54) is 11.3 Å². The van der Waals surface area contributed by atoms with Crippen LogP contribution in [0.1, 0.15) is 43.5 Å². The summed E-state index contributed by atoms with van der Waals surface area (Å²) >= 11 is 0.358.